The van der Waals surface area contributed by atoms with Gasteiger partial charge in [0.25, 0.3) is 0 Å². The Morgan fingerprint density at radius 1 is 1.10 bits per heavy atom. The SMILES string of the molecule is CC1CN(C(=O)CN2C[C@H]3CNC[C@H]3C2)CC(C)O1.Cl. The topological polar surface area (TPSA) is 44.8 Å². The first-order valence-electron chi connectivity index (χ1n) is 7.48. The molecule has 0 aromatic heterocycles. The molecule has 3 rings (SSSR count). The highest BCUT2D eigenvalue weighted by atomic mass is 35.5. The average molecular weight is 304 g/mol. The van der Waals surface area contributed by atoms with Crippen LogP contribution in [0.25, 0.3) is 0 Å². The van der Waals surface area contributed by atoms with Crippen molar-refractivity contribution in [3.8, 4) is 0 Å². The van der Waals surface area contributed by atoms with Crippen molar-refractivity contribution in [1.29, 1.82) is 0 Å². The van der Waals surface area contributed by atoms with E-state index in [4.69, 9.17) is 4.74 Å². The Bertz CT molecular complexity index is 333. The first kappa shape index (κ1) is 16.0. The number of rotatable bonds is 2. The summed E-state index contributed by atoms with van der Waals surface area (Å²) in [6, 6.07) is 0. The number of likely N-dealkylation sites (tertiary alicyclic amines) is 1. The Balaban J connectivity index is 0.00000147. The fourth-order valence-electron chi connectivity index (χ4n) is 3.75. The molecule has 116 valence electrons. The summed E-state index contributed by atoms with van der Waals surface area (Å²) < 4.78 is 5.68. The van der Waals surface area contributed by atoms with Gasteiger partial charge in [0, 0.05) is 26.2 Å². The molecule has 1 N–H and O–H groups in total. The summed E-state index contributed by atoms with van der Waals surface area (Å²) in [5.41, 5.74) is 0. The van der Waals surface area contributed by atoms with E-state index < -0.39 is 0 Å². The number of nitrogens with one attached hydrogen (secondary N) is 1. The molecule has 0 aliphatic carbocycles. The lowest BCUT2D eigenvalue weighted by atomic mass is 10.0. The molecule has 0 radical (unpaired) electrons. The molecule has 3 aliphatic heterocycles. The highest BCUT2D eigenvalue weighted by Gasteiger charge is 2.37. The zero-order valence-electron chi connectivity index (χ0n) is 12.4. The molecule has 1 amide bonds. The summed E-state index contributed by atoms with van der Waals surface area (Å²) in [6.45, 7) is 10.6. The third-order valence-corrected chi connectivity index (χ3v) is 4.60. The van der Waals surface area contributed by atoms with Gasteiger partial charge in [0.05, 0.1) is 18.8 Å². The Kier molecular flexibility index (Phi) is 5.29. The summed E-state index contributed by atoms with van der Waals surface area (Å²) in [7, 11) is 0. The summed E-state index contributed by atoms with van der Waals surface area (Å²) >= 11 is 0. The molecule has 20 heavy (non-hydrogen) atoms. The second-order valence-corrected chi connectivity index (χ2v) is 6.43. The molecule has 5 nitrogen and oxygen atoms in total. The second kappa shape index (κ2) is 6.60. The minimum atomic E-state index is 0. The highest BCUT2D eigenvalue weighted by Crippen LogP contribution is 2.26. The van der Waals surface area contributed by atoms with Gasteiger partial charge in [-0.15, -0.1) is 12.4 Å². The Morgan fingerprint density at radius 3 is 2.20 bits per heavy atom. The zero-order chi connectivity index (χ0) is 13.4. The Morgan fingerprint density at radius 2 is 1.65 bits per heavy atom. The number of fused-ring (bicyclic) bond motifs is 1. The molecule has 0 bridgehead atoms. The van der Waals surface area contributed by atoms with Crippen LogP contribution >= 0.6 is 12.4 Å². The Hall–Kier alpha value is -0.360. The molecular weight excluding hydrogens is 278 g/mol. The monoisotopic (exact) mass is 303 g/mol. The minimum Gasteiger partial charge on any atom is -0.372 e. The molecule has 4 atom stereocenters. The molecule has 3 saturated heterocycles. The van der Waals surface area contributed by atoms with E-state index in [2.05, 4.69) is 10.2 Å². The molecule has 0 saturated carbocycles. The number of amides is 1. The number of carbonyl (C=O) groups excluding carboxylic acids is 1. The number of hydrogen-bond donors (Lipinski definition) is 1. The van der Waals surface area contributed by atoms with E-state index in [1.54, 1.807) is 0 Å². The van der Waals surface area contributed by atoms with Crippen LogP contribution in [0, 0.1) is 11.8 Å². The van der Waals surface area contributed by atoms with Crippen LogP contribution in [0.1, 0.15) is 13.8 Å². The van der Waals surface area contributed by atoms with Crippen LogP contribution in [0.4, 0.5) is 0 Å². The summed E-state index contributed by atoms with van der Waals surface area (Å²) in [5.74, 6) is 1.79. The largest absolute Gasteiger partial charge is 0.372 e. The van der Waals surface area contributed by atoms with E-state index in [0.29, 0.717) is 6.54 Å². The van der Waals surface area contributed by atoms with E-state index in [9.17, 15) is 4.79 Å². The number of nitrogens with zero attached hydrogens (tertiary/aromatic N) is 2. The third-order valence-electron chi connectivity index (χ3n) is 4.60. The van der Waals surface area contributed by atoms with Crippen molar-refractivity contribution in [2.45, 2.75) is 26.1 Å². The molecule has 6 heteroatoms. The van der Waals surface area contributed by atoms with Gasteiger partial charge in [0.15, 0.2) is 0 Å². The lowest BCUT2D eigenvalue weighted by Gasteiger charge is -2.36. The predicted molar refractivity (Wildman–Crippen MR) is 80.1 cm³/mol. The van der Waals surface area contributed by atoms with Crippen molar-refractivity contribution in [3.05, 3.63) is 0 Å². The third kappa shape index (κ3) is 3.45. The van der Waals surface area contributed by atoms with Gasteiger partial charge < -0.3 is 15.0 Å². The van der Waals surface area contributed by atoms with Crippen molar-refractivity contribution in [1.82, 2.24) is 15.1 Å². The number of carbonyl (C=O) groups is 1. The molecule has 0 spiro atoms. The lowest BCUT2D eigenvalue weighted by Crippen LogP contribution is -2.51. The maximum atomic E-state index is 12.4. The lowest BCUT2D eigenvalue weighted by molar-refractivity contribution is -0.144. The number of halogens is 1. The van der Waals surface area contributed by atoms with Gasteiger partial charge in [0.1, 0.15) is 0 Å². The van der Waals surface area contributed by atoms with Gasteiger partial charge in [-0.3, -0.25) is 9.69 Å². The fourth-order valence-corrected chi connectivity index (χ4v) is 3.75. The first-order chi connectivity index (χ1) is 9.11. The van der Waals surface area contributed by atoms with Crippen LogP contribution in [0.15, 0.2) is 0 Å². The first-order valence-corrected chi connectivity index (χ1v) is 7.48. The van der Waals surface area contributed by atoms with Crippen LogP contribution in [0.3, 0.4) is 0 Å². The van der Waals surface area contributed by atoms with Crippen molar-refractivity contribution in [2.24, 2.45) is 11.8 Å². The number of morpholine rings is 1. The van der Waals surface area contributed by atoms with Crippen molar-refractivity contribution in [2.75, 3.05) is 45.8 Å². The van der Waals surface area contributed by atoms with Crippen LogP contribution in [-0.4, -0.2) is 73.7 Å². The van der Waals surface area contributed by atoms with Crippen molar-refractivity contribution >= 4 is 18.3 Å². The summed E-state index contributed by atoms with van der Waals surface area (Å²) in [4.78, 5) is 16.7. The van der Waals surface area contributed by atoms with Gasteiger partial charge in [-0.2, -0.15) is 0 Å². The van der Waals surface area contributed by atoms with Gasteiger partial charge in [-0.05, 0) is 38.8 Å². The quantitative estimate of drug-likeness (QED) is 0.791. The van der Waals surface area contributed by atoms with Gasteiger partial charge in [0.2, 0.25) is 5.91 Å². The van der Waals surface area contributed by atoms with Crippen molar-refractivity contribution < 1.29 is 9.53 Å². The van der Waals surface area contributed by atoms with E-state index in [1.807, 2.05) is 18.7 Å². The second-order valence-electron chi connectivity index (χ2n) is 6.43. The standard InChI is InChI=1S/C14H25N3O2.ClH/c1-10-5-17(6-11(2)19-10)14(18)9-16-7-12-3-15-4-13(12)8-16;/h10-13,15H,3-9H2,1-2H3;1H/t10?,11?,12-,13+;. The van der Waals surface area contributed by atoms with Crippen LogP contribution in [0.2, 0.25) is 0 Å². The summed E-state index contributed by atoms with van der Waals surface area (Å²) in [5, 5.41) is 3.43. The molecule has 3 fully saturated rings. The van der Waals surface area contributed by atoms with Gasteiger partial charge in [-0.25, -0.2) is 0 Å². The Labute approximate surface area is 127 Å². The maximum absolute atomic E-state index is 12.4. The van der Waals surface area contributed by atoms with Crippen molar-refractivity contribution in [3.63, 3.8) is 0 Å². The smallest absolute Gasteiger partial charge is 0.236 e. The molecule has 0 aromatic rings. The normalized spacial score (nSPS) is 37.6. The molecular formula is C14H26ClN3O2. The van der Waals surface area contributed by atoms with Crippen LogP contribution in [-0.2, 0) is 9.53 Å². The van der Waals surface area contributed by atoms with E-state index in [1.165, 1.54) is 0 Å². The minimum absolute atomic E-state index is 0. The fraction of sp³-hybridized carbons (Fsp3) is 0.929. The van der Waals surface area contributed by atoms with E-state index in [0.717, 1.165) is 51.1 Å². The molecule has 3 aliphatic rings. The number of ether oxygens (including phenoxy) is 1. The van der Waals surface area contributed by atoms with Crippen LogP contribution in [0.5, 0.6) is 0 Å². The zero-order valence-corrected chi connectivity index (χ0v) is 13.2. The van der Waals surface area contributed by atoms with E-state index >= 15 is 0 Å². The van der Waals surface area contributed by atoms with E-state index in [-0.39, 0.29) is 30.5 Å². The van der Waals surface area contributed by atoms with Gasteiger partial charge >= 0.3 is 0 Å². The number of hydrogen-bond acceptors (Lipinski definition) is 4. The summed E-state index contributed by atoms with van der Waals surface area (Å²) in [6.07, 6.45) is 0.324. The average Bonchev–Trinajstić information content (AvgIpc) is 2.88. The van der Waals surface area contributed by atoms with Gasteiger partial charge in [-0.1, -0.05) is 0 Å². The maximum Gasteiger partial charge on any atom is 0.236 e. The predicted octanol–water partition coefficient (Wildman–Crippen LogP) is 0.195. The van der Waals surface area contributed by atoms with Crippen LogP contribution < -0.4 is 5.32 Å². The molecule has 3 heterocycles. The molecule has 2 unspecified atom stereocenters. The molecule has 0 aromatic carbocycles. The highest BCUT2D eigenvalue weighted by molar-refractivity contribution is 5.85.